The summed E-state index contributed by atoms with van der Waals surface area (Å²) in [5, 5.41) is 3.48. The molecule has 0 aliphatic rings. The highest BCUT2D eigenvalue weighted by Gasteiger charge is 2.06. The molecule has 19 heavy (non-hydrogen) atoms. The van der Waals surface area contributed by atoms with Crippen LogP contribution in [0.1, 0.15) is 57.6 Å². The highest BCUT2D eigenvalue weighted by molar-refractivity contribution is 5.37. The maximum Gasteiger partial charge on any atom is 0.122 e. The van der Waals surface area contributed by atoms with Crippen LogP contribution < -0.4 is 10.1 Å². The molecule has 1 aromatic carbocycles. The van der Waals surface area contributed by atoms with Gasteiger partial charge < -0.3 is 10.1 Å². The van der Waals surface area contributed by atoms with Crippen molar-refractivity contribution < 1.29 is 4.74 Å². The molecule has 0 amide bonds. The molecule has 1 unspecified atom stereocenters. The third-order valence-corrected chi connectivity index (χ3v) is 3.43. The number of rotatable bonds is 8. The standard InChI is InChI=1S/C17H29NO/c1-6-10-18-15(5)9-11-19-17-12-16(13(2)3)8-7-14(17)4/h7-8,12-13,15,18H,6,9-11H2,1-5H3. The van der Waals surface area contributed by atoms with E-state index in [0.717, 1.165) is 25.3 Å². The van der Waals surface area contributed by atoms with Crippen molar-refractivity contribution in [1.29, 1.82) is 0 Å². The van der Waals surface area contributed by atoms with Crippen LogP contribution in [0.5, 0.6) is 5.75 Å². The summed E-state index contributed by atoms with van der Waals surface area (Å²) in [4.78, 5) is 0. The predicted octanol–water partition coefficient (Wildman–Crippen LogP) is 4.28. The summed E-state index contributed by atoms with van der Waals surface area (Å²) < 4.78 is 5.94. The van der Waals surface area contributed by atoms with Crippen molar-refractivity contribution in [1.82, 2.24) is 5.32 Å². The van der Waals surface area contributed by atoms with Gasteiger partial charge in [-0.2, -0.15) is 0 Å². The van der Waals surface area contributed by atoms with Gasteiger partial charge >= 0.3 is 0 Å². The Morgan fingerprint density at radius 1 is 1.21 bits per heavy atom. The van der Waals surface area contributed by atoms with Crippen LogP contribution in [-0.2, 0) is 0 Å². The van der Waals surface area contributed by atoms with E-state index in [2.05, 4.69) is 58.1 Å². The summed E-state index contributed by atoms with van der Waals surface area (Å²) in [6, 6.07) is 7.06. The topological polar surface area (TPSA) is 21.3 Å². The van der Waals surface area contributed by atoms with Crippen molar-refractivity contribution in [3.8, 4) is 5.75 Å². The Hall–Kier alpha value is -1.02. The zero-order valence-corrected chi connectivity index (χ0v) is 13.1. The monoisotopic (exact) mass is 263 g/mol. The van der Waals surface area contributed by atoms with Crippen molar-refractivity contribution >= 4 is 0 Å². The van der Waals surface area contributed by atoms with E-state index in [9.17, 15) is 0 Å². The summed E-state index contributed by atoms with van der Waals surface area (Å²) >= 11 is 0. The van der Waals surface area contributed by atoms with Gasteiger partial charge in [-0.25, -0.2) is 0 Å². The van der Waals surface area contributed by atoms with E-state index in [-0.39, 0.29) is 0 Å². The van der Waals surface area contributed by atoms with Crippen LogP contribution >= 0.6 is 0 Å². The molecule has 1 atom stereocenters. The summed E-state index contributed by atoms with van der Waals surface area (Å²) in [5.74, 6) is 1.59. The van der Waals surface area contributed by atoms with Gasteiger partial charge in [0.15, 0.2) is 0 Å². The second kappa shape index (κ2) is 8.21. The van der Waals surface area contributed by atoms with E-state index < -0.39 is 0 Å². The maximum atomic E-state index is 5.94. The van der Waals surface area contributed by atoms with Gasteiger partial charge in [0.05, 0.1) is 6.61 Å². The fraction of sp³-hybridized carbons (Fsp3) is 0.647. The molecule has 0 aliphatic heterocycles. The van der Waals surface area contributed by atoms with Crippen LogP contribution in [0, 0.1) is 6.92 Å². The lowest BCUT2D eigenvalue weighted by atomic mass is 10.0. The van der Waals surface area contributed by atoms with Crippen molar-refractivity contribution in [3.05, 3.63) is 29.3 Å². The van der Waals surface area contributed by atoms with Crippen LogP contribution in [0.15, 0.2) is 18.2 Å². The molecule has 0 aliphatic carbocycles. The molecular formula is C17H29NO. The van der Waals surface area contributed by atoms with Crippen LogP contribution in [-0.4, -0.2) is 19.2 Å². The summed E-state index contributed by atoms with van der Waals surface area (Å²) in [7, 11) is 0. The molecule has 2 heteroatoms. The van der Waals surface area contributed by atoms with Crippen molar-refractivity contribution in [2.24, 2.45) is 0 Å². The zero-order chi connectivity index (χ0) is 14.3. The second-order valence-electron chi connectivity index (χ2n) is 5.67. The van der Waals surface area contributed by atoms with Gasteiger partial charge in [-0.1, -0.05) is 32.9 Å². The normalized spacial score (nSPS) is 12.7. The molecule has 0 fully saturated rings. The smallest absolute Gasteiger partial charge is 0.122 e. The van der Waals surface area contributed by atoms with E-state index in [1.807, 2.05) is 0 Å². The quantitative estimate of drug-likeness (QED) is 0.756. The average Bonchev–Trinajstić information content (AvgIpc) is 2.38. The molecule has 1 N–H and O–H groups in total. The molecule has 1 rings (SSSR count). The van der Waals surface area contributed by atoms with Gasteiger partial charge in [0.2, 0.25) is 0 Å². The van der Waals surface area contributed by atoms with E-state index in [0.29, 0.717) is 12.0 Å². The Bertz CT molecular complexity index is 374. The van der Waals surface area contributed by atoms with E-state index in [1.165, 1.54) is 17.5 Å². The van der Waals surface area contributed by atoms with Gasteiger partial charge in [-0.15, -0.1) is 0 Å². The number of nitrogens with one attached hydrogen (secondary N) is 1. The molecule has 0 aromatic heterocycles. The first-order valence-electron chi connectivity index (χ1n) is 7.51. The zero-order valence-electron chi connectivity index (χ0n) is 13.1. The molecule has 0 heterocycles. The van der Waals surface area contributed by atoms with E-state index >= 15 is 0 Å². The van der Waals surface area contributed by atoms with Gasteiger partial charge in [-0.05, 0) is 56.3 Å². The summed E-state index contributed by atoms with van der Waals surface area (Å²) in [6.07, 6.45) is 2.23. The molecule has 0 spiro atoms. The van der Waals surface area contributed by atoms with Crippen molar-refractivity contribution in [3.63, 3.8) is 0 Å². The molecule has 2 nitrogen and oxygen atoms in total. The fourth-order valence-electron chi connectivity index (χ4n) is 1.97. The third kappa shape index (κ3) is 5.65. The number of hydrogen-bond acceptors (Lipinski definition) is 2. The van der Waals surface area contributed by atoms with Crippen LogP contribution in [0.2, 0.25) is 0 Å². The van der Waals surface area contributed by atoms with Crippen molar-refractivity contribution in [2.75, 3.05) is 13.2 Å². The Balaban J connectivity index is 2.46. The Kier molecular flexibility index (Phi) is 6.93. The fourth-order valence-corrected chi connectivity index (χ4v) is 1.97. The maximum absolute atomic E-state index is 5.94. The molecule has 0 radical (unpaired) electrons. The first kappa shape index (κ1) is 16.0. The number of aryl methyl sites for hydroxylation is 1. The lowest BCUT2D eigenvalue weighted by Crippen LogP contribution is -2.28. The lowest BCUT2D eigenvalue weighted by Gasteiger charge is -2.16. The molecule has 1 aromatic rings. The molecule has 0 saturated heterocycles. The second-order valence-corrected chi connectivity index (χ2v) is 5.67. The first-order valence-corrected chi connectivity index (χ1v) is 7.51. The SMILES string of the molecule is CCCNC(C)CCOc1cc(C(C)C)ccc1C. The summed E-state index contributed by atoms with van der Waals surface area (Å²) in [5.41, 5.74) is 2.57. The van der Waals surface area contributed by atoms with Crippen LogP contribution in [0.4, 0.5) is 0 Å². The highest BCUT2D eigenvalue weighted by Crippen LogP contribution is 2.24. The molecule has 0 saturated carbocycles. The number of ether oxygens (including phenoxy) is 1. The van der Waals surface area contributed by atoms with Crippen LogP contribution in [0.25, 0.3) is 0 Å². The minimum Gasteiger partial charge on any atom is -0.493 e. The van der Waals surface area contributed by atoms with Crippen LogP contribution in [0.3, 0.4) is 0 Å². The van der Waals surface area contributed by atoms with E-state index in [4.69, 9.17) is 4.74 Å². The Morgan fingerprint density at radius 3 is 2.58 bits per heavy atom. The molecule has 0 bridgehead atoms. The minimum absolute atomic E-state index is 0.522. The average molecular weight is 263 g/mol. The number of benzene rings is 1. The largest absolute Gasteiger partial charge is 0.493 e. The summed E-state index contributed by atoms with van der Waals surface area (Å²) in [6.45, 7) is 12.8. The Morgan fingerprint density at radius 2 is 1.95 bits per heavy atom. The van der Waals surface area contributed by atoms with Gasteiger partial charge in [0.25, 0.3) is 0 Å². The highest BCUT2D eigenvalue weighted by atomic mass is 16.5. The van der Waals surface area contributed by atoms with Crippen molar-refractivity contribution in [2.45, 2.75) is 59.4 Å². The Labute approximate surface area is 118 Å². The third-order valence-electron chi connectivity index (χ3n) is 3.43. The molecular weight excluding hydrogens is 234 g/mol. The molecule has 108 valence electrons. The van der Waals surface area contributed by atoms with Gasteiger partial charge in [-0.3, -0.25) is 0 Å². The van der Waals surface area contributed by atoms with Gasteiger partial charge in [0, 0.05) is 6.04 Å². The van der Waals surface area contributed by atoms with Gasteiger partial charge in [0.1, 0.15) is 5.75 Å². The lowest BCUT2D eigenvalue weighted by molar-refractivity contribution is 0.288. The predicted molar refractivity (Wildman–Crippen MR) is 83.1 cm³/mol. The minimum atomic E-state index is 0.522. The number of hydrogen-bond donors (Lipinski definition) is 1. The first-order chi connectivity index (χ1) is 9.04. The van der Waals surface area contributed by atoms with E-state index in [1.54, 1.807) is 0 Å².